The Morgan fingerprint density at radius 1 is 1.60 bits per heavy atom. The second-order valence-electron chi connectivity index (χ2n) is 2.06. The van der Waals surface area contributed by atoms with E-state index in [1.165, 1.54) is 4.68 Å². The summed E-state index contributed by atoms with van der Waals surface area (Å²) in [5.74, 6) is 0. The second-order valence-corrected chi connectivity index (χ2v) is 2.06. The minimum absolute atomic E-state index is 0.00463. The Bertz CT molecular complexity index is 236. The third-order valence-corrected chi connectivity index (χ3v) is 1.45. The van der Waals surface area contributed by atoms with Gasteiger partial charge in [0.2, 0.25) is 0 Å². The van der Waals surface area contributed by atoms with Crippen LogP contribution in [0.1, 0.15) is 19.5 Å². The van der Waals surface area contributed by atoms with E-state index in [1.54, 1.807) is 0 Å². The van der Waals surface area contributed by atoms with Crippen LogP contribution in [0.25, 0.3) is 0 Å². The normalized spacial score (nSPS) is 10.2. The van der Waals surface area contributed by atoms with E-state index in [4.69, 9.17) is 0 Å². The van der Waals surface area contributed by atoms with E-state index < -0.39 is 0 Å². The first-order chi connectivity index (χ1) is 4.79. The summed E-state index contributed by atoms with van der Waals surface area (Å²) in [5.41, 5.74) is 0.617. The molecule has 1 heterocycles. The molecule has 0 radical (unpaired) electrons. The van der Waals surface area contributed by atoms with Crippen molar-refractivity contribution in [2.45, 2.75) is 26.8 Å². The summed E-state index contributed by atoms with van der Waals surface area (Å²) in [6.45, 7) is 4.47. The third-order valence-electron chi connectivity index (χ3n) is 1.45. The van der Waals surface area contributed by atoms with Crippen LogP contribution in [0.15, 0.2) is 4.79 Å². The molecule has 0 amide bonds. The fourth-order valence-corrected chi connectivity index (χ4v) is 0.814. The maximum absolute atomic E-state index is 11.1. The molecule has 4 nitrogen and oxygen atoms in total. The zero-order chi connectivity index (χ0) is 7.56. The highest BCUT2D eigenvalue weighted by atomic mass is 16.1. The maximum atomic E-state index is 11.1. The van der Waals surface area contributed by atoms with Crippen LogP contribution < -0.4 is 5.56 Å². The number of hydrogen-bond donors (Lipinski definition) is 1. The average Bonchev–Trinajstić information content (AvgIpc) is 2.30. The summed E-state index contributed by atoms with van der Waals surface area (Å²) < 4.78 is 1.48. The van der Waals surface area contributed by atoms with E-state index in [1.807, 2.05) is 13.8 Å². The molecule has 0 spiro atoms. The first kappa shape index (κ1) is 7.05. The van der Waals surface area contributed by atoms with Gasteiger partial charge in [-0.1, -0.05) is 6.92 Å². The number of hydrogen-bond acceptors (Lipinski definition) is 2. The number of nitrogens with one attached hydrogen (secondary N) is 1. The number of H-pyrrole nitrogens is 1. The van der Waals surface area contributed by atoms with Crippen molar-refractivity contribution >= 4 is 0 Å². The molecule has 1 N–H and O–H groups in total. The van der Waals surface area contributed by atoms with Crippen molar-refractivity contribution < 1.29 is 0 Å². The van der Waals surface area contributed by atoms with Gasteiger partial charge in [0, 0.05) is 6.54 Å². The van der Waals surface area contributed by atoms with E-state index in [-0.39, 0.29) is 5.56 Å². The fraction of sp³-hybridized carbons (Fsp3) is 0.667. The Hall–Kier alpha value is -1.06. The molecule has 4 heteroatoms. The van der Waals surface area contributed by atoms with Crippen molar-refractivity contribution in [3.8, 4) is 0 Å². The number of aromatic amines is 1. The minimum atomic E-state index is 0.00463. The SMILES string of the molecule is CCc1n[nH]n(CC)c1=O. The summed E-state index contributed by atoms with van der Waals surface area (Å²) in [7, 11) is 0. The van der Waals surface area contributed by atoms with Gasteiger partial charge in [-0.15, -0.1) is 0 Å². The summed E-state index contributed by atoms with van der Waals surface area (Å²) in [4.78, 5) is 11.1. The minimum Gasteiger partial charge on any atom is -0.266 e. The van der Waals surface area contributed by atoms with Gasteiger partial charge in [-0.3, -0.25) is 4.79 Å². The summed E-state index contributed by atoms with van der Waals surface area (Å²) in [5, 5.41) is 6.46. The lowest BCUT2D eigenvalue weighted by molar-refractivity contribution is 0.609. The molecule has 1 rings (SSSR count). The van der Waals surface area contributed by atoms with Crippen molar-refractivity contribution in [1.29, 1.82) is 0 Å². The van der Waals surface area contributed by atoms with Crippen molar-refractivity contribution in [2.75, 3.05) is 0 Å². The van der Waals surface area contributed by atoms with Crippen molar-refractivity contribution in [3.05, 3.63) is 16.0 Å². The van der Waals surface area contributed by atoms with Crippen LogP contribution in [-0.4, -0.2) is 15.0 Å². The van der Waals surface area contributed by atoms with E-state index >= 15 is 0 Å². The van der Waals surface area contributed by atoms with E-state index in [0.717, 1.165) is 0 Å². The van der Waals surface area contributed by atoms with Crippen LogP contribution in [0.4, 0.5) is 0 Å². The average molecular weight is 141 g/mol. The monoisotopic (exact) mass is 141 g/mol. The molecule has 1 aromatic rings. The lowest BCUT2D eigenvalue weighted by Gasteiger charge is -1.88. The summed E-state index contributed by atoms with van der Waals surface area (Å²) in [6.07, 6.45) is 0.697. The highest BCUT2D eigenvalue weighted by Crippen LogP contribution is 1.83. The van der Waals surface area contributed by atoms with Gasteiger partial charge in [0.25, 0.3) is 5.56 Å². The Kier molecular flexibility index (Phi) is 1.89. The van der Waals surface area contributed by atoms with Gasteiger partial charge in [-0.25, -0.2) is 9.90 Å². The Balaban J connectivity index is 3.09. The van der Waals surface area contributed by atoms with E-state index in [9.17, 15) is 4.79 Å². The van der Waals surface area contributed by atoms with Crippen molar-refractivity contribution in [1.82, 2.24) is 15.0 Å². The highest BCUT2D eigenvalue weighted by Gasteiger charge is 2.01. The largest absolute Gasteiger partial charge is 0.289 e. The molecule has 10 heavy (non-hydrogen) atoms. The Labute approximate surface area is 58.8 Å². The van der Waals surface area contributed by atoms with Crippen molar-refractivity contribution in [3.63, 3.8) is 0 Å². The quantitative estimate of drug-likeness (QED) is 0.637. The number of aryl methyl sites for hydroxylation is 2. The molecule has 0 aliphatic rings. The zero-order valence-electron chi connectivity index (χ0n) is 6.22. The van der Waals surface area contributed by atoms with Gasteiger partial charge >= 0.3 is 0 Å². The van der Waals surface area contributed by atoms with Crippen LogP contribution in [0.5, 0.6) is 0 Å². The van der Waals surface area contributed by atoms with Crippen LogP contribution >= 0.6 is 0 Å². The number of aromatic nitrogens is 3. The molecule has 0 saturated carbocycles. The lowest BCUT2D eigenvalue weighted by atomic mass is 10.4. The molecule has 1 aromatic heterocycles. The van der Waals surface area contributed by atoms with Crippen molar-refractivity contribution in [2.24, 2.45) is 0 Å². The molecule has 56 valence electrons. The topological polar surface area (TPSA) is 50.7 Å². The molecule has 0 aliphatic heterocycles. The van der Waals surface area contributed by atoms with Crippen LogP contribution in [0.3, 0.4) is 0 Å². The molecule has 0 bridgehead atoms. The molecule has 0 unspecified atom stereocenters. The van der Waals surface area contributed by atoms with E-state index in [2.05, 4.69) is 10.3 Å². The van der Waals surface area contributed by atoms with Gasteiger partial charge in [0.15, 0.2) is 0 Å². The zero-order valence-corrected chi connectivity index (χ0v) is 6.22. The van der Waals surface area contributed by atoms with Gasteiger partial charge in [0.1, 0.15) is 5.69 Å². The Morgan fingerprint density at radius 2 is 2.30 bits per heavy atom. The van der Waals surface area contributed by atoms with Crippen LogP contribution in [-0.2, 0) is 13.0 Å². The number of nitrogens with zero attached hydrogens (tertiary/aromatic N) is 2. The predicted molar refractivity (Wildman–Crippen MR) is 37.9 cm³/mol. The molecule has 0 fully saturated rings. The first-order valence-electron chi connectivity index (χ1n) is 3.43. The molecule has 0 saturated heterocycles. The molecule has 0 aliphatic carbocycles. The van der Waals surface area contributed by atoms with Gasteiger partial charge in [0.05, 0.1) is 0 Å². The molecule has 0 atom stereocenters. The maximum Gasteiger partial charge on any atom is 0.289 e. The summed E-state index contributed by atoms with van der Waals surface area (Å²) in [6, 6.07) is 0. The van der Waals surface area contributed by atoms with Gasteiger partial charge in [-0.2, -0.15) is 5.10 Å². The van der Waals surface area contributed by atoms with E-state index in [0.29, 0.717) is 18.7 Å². The van der Waals surface area contributed by atoms with Gasteiger partial charge < -0.3 is 0 Å². The first-order valence-corrected chi connectivity index (χ1v) is 3.43. The third kappa shape index (κ3) is 0.964. The smallest absolute Gasteiger partial charge is 0.266 e. The number of rotatable bonds is 2. The van der Waals surface area contributed by atoms with Crippen LogP contribution in [0.2, 0.25) is 0 Å². The highest BCUT2D eigenvalue weighted by molar-refractivity contribution is 4.91. The summed E-state index contributed by atoms with van der Waals surface area (Å²) >= 11 is 0. The Morgan fingerprint density at radius 3 is 2.60 bits per heavy atom. The predicted octanol–water partition coefficient (Wildman–Crippen LogP) is 0.154. The standard InChI is InChI=1S/C6H11N3O/c1-3-5-6(10)9(4-2)8-7-5/h8H,3-4H2,1-2H3. The van der Waals surface area contributed by atoms with Gasteiger partial charge in [-0.05, 0) is 13.3 Å². The molecule has 0 aromatic carbocycles. The second kappa shape index (κ2) is 2.68. The van der Waals surface area contributed by atoms with Crippen LogP contribution in [0, 0.1) is 0 Å². The molecular weight excluding hydrogens is 130 g/mol. The molecular formula is C6H11N3O. The lowest BCUT2D eigenvalue weighted by Crippen LogP contribution is -2.17. The fourth-order valence-electron chi connectivity index (χ4n) is 0.814.